The zero-order chi connectivity index (χ0) is 9.30. The fourth-order valence-electron chi connectivity index (χ4n) is 0.679. The summed E-state index contributed by atoms with van der Waals surface area (Å²) >= 11 is 11.0. The number of hydrogen-bond donors (Lipinski definition) is 2. The normalized spacial score (nSPS) is 9.42. The number of carbonyl (C=O) groups is 1. The van der Waals surface area contributed by atoms with Crippen LogP contribution in [0.3, 0.4) is 0 Å². The average Bonchev–Trinajstić information content (AvgIpc) is 2.30. The summed E-state index contributed by atoms with van der Waals surface area (Å²) in [6.45, 7) is 0. The maximum absolute atomic E-state index is 10.4. The number of nitrogens with zero attached hydrogens (tertiary/aromatic N) is 1. The number of aromatic nitrogens is 1. The van der Waals surface area contributed by atoms with Gasteiger partial charge in [0.05, 0.1) is 10.0 Å². The molecule has 6 heteroatoms. The van der Waals surface area contributed by atoms with Crippen LogP contribution in [0.4, 0.5) is 0 Å². The summed E-state index contributed by atoms with van der Waals surface area (Å²) in [6.07, 6.45) is 0. The highest BCUT2D eigenvalue weighted by Gasteiger charge is 2.18. The fraction of sp³-hybridized carbons (Fsp3) is 0. The predicted molar refractivity (Wildman–Crippen MR) is 42.5 cm³/mol. The van der Waals surface area contributed by atoms with Crippen molar-refractivity contribution < 1.29 is 9.90 Å². The number of rotatable bonds is 1. The molecule has 0 saturated heterocycles. The van der Waals surface area contributed by atoms with Crippen molar-refractivity contribution in [1.82, 2.24) is 4.98 Å². The number of carboxylic acids is 1. The van der Waals surface area contributed by atoms with E-state index in [0.717, 1.165) is 0 Å². The van der Waals surface area contributed by atoms with Gasteiger partial charge < -0.3 is 10.1 Å². The van der Waals surface area contributed by atoms with Gasteiger partial charge in [-0.2, -0.15) is 5.26 Å². The van der Waals surface area contributed by atoms with Crippen LogP contribution >= 0.6 is 23.2 Å². The van der Waals surface area contributed by atoms with Gasteiger partial charge in [-0.1, -0.05) is 23.2 Å². The first kappa shape index (κ1) is 8.91. The van der Waals surface area contributed by atoms with Crippen molar-refractivity contribution in [2.24, 2.45) is 0 Å². The van der Waals surface area contributed by atoms with E-state index in [4.69, 9.17) is 33.6 Å². The summed E-state index contributed by atoms with van der Waals surface area (Å²) in [5.74, 6) is -1.25. The molecule has 0 unspecified atom stereocenters. The molecule has 0 spiro atoms. The largest absolute Gasteiger partial charge is 0.477 e. The lowest BCUT2D eigenvalue weighted by Crippen LogP contribution is -1.96. The first-order valence-corrected chi connectivity index (χ1v) is 3.54. The maximum Gasteiger partial charge on any atom is 0.353 e. The minimum Gasteiger partial charge on any atom is -0.477 e. The van der Waals surface area contributed by atoms with Gasteiger partial charge in [0, 0.05) is 0 Å². The number of halogens is 2. The quantitative estimate of drug-likeness (QED) is 0.734. The lowest BCUT2D eigenvalue weighted by atomic mass is 10.4. The minimum atomic E-state index is -1.25. The Balaban J connectivity index is 3.37. The lowest BCUT2D eigenvalue weighted by Gasteiger charge is -1.86. The number of nitriles is 1. The standard InChI is InChI=1S/C6H2Cl2N2O2/c7-3-2(1-9)10-5(4(3)8)6(11)12/h10H,(H,11,12). The van der Waals surface area contributed by atoms with E-state index in [0.29, 0.717) is 0 Å². The monoisotopic (exact) mass is 204 g/mol. The Morgan fingerprint density at radius 3 is 2.33 bits per heavy atom. The van der Waals surface area contributed by atoms with Gasteiger partial charge in [-0.15, -0.1) is 0 Å². The van der Waals surface area contributed by atoms with Gasteiger partial charge in [-0.25, -0.2) is 4.79 Å². The molecule has 0 saturated carbocycles. The smallest absolute Gasteiger partial charge is 0.353 e. The van der Waals surface area contributed by atoms with Crippen LogP contribution in [0.25, 0.3) is 0 Å². The zero-order valence-corrected chi connectivity index (χ0v) is 7.07. The van der Waals surface area contributed by atoms with E-state index in [1.807, 2.05) is 0 Å². The second kappa shape index (κ2) is 3.05. The predicted octanol–water partition coefficient (Wildman–Crippen LogP) is 1.89. The van der Waals surface area contributed by atoms with Crippen LogP contribution in [0.1, 0.15) is 16.2 Å². The molecule has 0 bridgehead atoms. The van der Waals surface area contributed by atoms with Crippen molar-refractivity contribution in [1.29, 1.82) is 5.26 Å². The highest BCUT2D eigenvalue weighted by atomic mass is 35.5. The Morgan fingerprint density at radius 2 is 2.08 bits per heavy atom. The molecular weight excluding hydrogens is 203 g/mol. The Bertz CT molecular complexity index is 378. The van der Waals surface area contributed by atoms with Crippen molar-refractivity contribution in [2.75, 3.05) is 0 Å². The van der Waals surface area contributed by atoms with Crippen molar-refractivity contribution in [2.45, 2.75) is 0 Å². The maximum atomic E-state index is 10.4. The molecule has 1 rings (SSSR count). The number of aromatic amines is 1. The van der Waals surface area contributed by atoms with Crippen LogP contribution in [0, 0.1) is 11.3 Å². The second-order valence-electron chi connectivity index (χ2n) is 1.92. The molecule has 0 radical (unpaired) electrons. The second-order valence-corrected chi connectivity index (χ2v) is 2.68. The topological polar surface area (TPSA) is 76.9 Å². The van der Waals surface area contributed by atoms with E-state index in [-0.39, 0.29) is 21.4 Å². The van der Waals surface area contributed by atoms with Crippen molar-refractivity contribution in [3.63, 3.8) is 0 Å². The highest BCUT2D eigenvalue weighted by molar-refractivity contribution is 6.44. The molecule has 0 aliphatic rings. The van der Waals surface area contributed by atoms with Crippen molar-refractivity contribution >= 4 is 29.2 Å². The number of aromatic carboxylic acids is 1. The molecule has 12 heavy (non-hydrogen) atoms. The Morgan fingerprint density at radius 1 is 1.50 bits per heavy atom. The molecule has 62 valence electrons. The van der Waals surface area contributed by atoms with Gasteiger partial charge >= 0.3 is 5.97 Å². The van der Waals surface area contributed by atoms with E-state index in [2.05, 4.69) is 4.98 Å². The van der Waals surface area contributed by atoms with E-state index >= 15 is 0 Å². The first-order chi connectivity index (χ1) is 5.57. The number of nitrogens with one attached hydrogen (secondary N) is 1. The fourth-order valence-corrected chi connectivity index (χ4v) is 1.09. The molecule has 0 atom stereocenters. The van der Waals surface area contributed by atoms with Gasteiger partial charge in [-0.05, 0) is 0 Å². The average molecular weight is 205 g/mol. The third-order valence-electron chi connectivity index (χ3n) is 1.21. The molecule has 4 nitrogen and oxygen atoms in total. The van der Waals surface area contributed by atoms with E-state index in [1.165, 1.54) is 0 Å². The molecule has 0 amide bonds. The number of hydrogen-bond acceptors (Lipinski definition) is 2. The summed E-state index contributed by atoms with van der Waals surface area (Å²) in [4.78, 5) is 12.7. The molecule has 2 N–H and O–H groups in total. The van der Waals surface area contributed by atoms with Crippen LogP contribution in [-0.4, -0.2) is 16.1 Å². The summed E-state index contributed by atoms with van der Waals surface area (Å²) in [6, 6.07) is 1.68. The Hall–Kier alpha value is -1.18. The van der Waals surface area contributed by atoms with E-state index in [9.17, 15) is 4.79 Å². The summed E-state index contributed by atoms with van der Waals surface area (Å²) < 4.78 is 0. The van der Waals surface area contributed by atoms with Crippen LogP contribution in [0.5, 0.6) is 0 Å². The third kappa shape index (κ3) is 1.24. The number of carboxylic acid groups (broad SMARTS) is 1. The first-order valence-electron chi connectivity index (χ1n) is 2.78. The third-order valence-corrected chi connectivity index (χ3v) is 2.06. The Kier molecular flexibility index (Phi) is 2.27. The van der Waals surface area contributed by atoms with Gasteiger partial charge in [-0.3, -0.25) is 0 Å². The molecule has 1 heterocycles. The molecular formula is C6H2Cl2N2O2. The summed E-state index contributed by atoms with van der Waals surface area (Å²) in [7, 11) is 0. The minimum absolute atomic E-state index is 0.0425. The van der Waals surface area contributed by atoms with Gasteiger partial charge in [0.15, 0.2) is 0 Å². The highest BCUT2D eigenvalue weighted by Crippen LogP contribution is 2.28. The van der Waals surface area contributed by atoms with Gasteiger partial charge in [0.2, 0.25) is 0 Å². The van der Waals surface area contributed by atoms with Crippen LogP contribution in [0.15, 0.2) is 0 Å². The molecule has 1 aromatic rings. The molecule has 0 aliphatic heterocycles. The zero-order valence-electron chi connectivity index (χ0n) is 5.56. The summed E-state index contributed by atoms with van der Waals surface area (Å²) in [5.41, 5.74) is -0.308. The van der Waals surface area contributed by atoms with Gasteiger partial charge in [0.25, 0.3) is 0 Å². The van der Waals surface area contributed by atoms with Crippen LogP contribution in [-0.2, 0) is 0 Å². The van der Waals surface area contributed by atoms with Crippen LogP contribution < -0.4 is 0 Å². The lowest BCUT2D eigenvalue weighted by molar-refractivity contribution is 0.0691. The molecule has 0 fully saturated rings. The molecule has 0 aromatic carbocycles. The number of H-pyrrole nitrogens is 1. The van der Waals surface area contributed by atoms with E-state index in [1.54, 1.807) is 6.07 Å². The van der Waals surface area contributed by atoms with E-state index < -0.39 is 5.97 Å². The van der Waals surface area contributed by atoms with Crippen LogP contribution in [0.2, 0.25) is 10.0 Å². The summed E-state index contributed by atoms with van der Waals surface area (Å²) in [5, 5.41) is 16.7. The van der Waals surface area contributed by atoms with Gasteiger partial charge in [0.1, 0.15) is 17.5 Å². The SMILES string of the molecule is N#Cc1[nH]c(C(=O)O)c(Cl)c1Cl. The molecule has 1 aromatic heterocycles. The molecule has 0 aliphatic carbocycles. The Labute approximate surface area is 77.3 Å². The van der Waals surface area contributed by atoms with Crippen molar-refractivity contribution in [3.8, 4) is 6.07 Å². The van der Waals surface area contributed by atoms with Crippen molar-refractivity contribution in [3.05, 3.63) is 21.4 Å².